The summed E-state index contributed by atoms with van der Waals surface area (Å²) in [5.41, 5.74) is 8.34. The van der Waals surface area contributed by atoms with Gasteiger partial charge in [-0.05, 0) is 62.2 Å². The lowest BCUT2D eigenvalue weighted by Crippen LogP contribution is -2.23. The van der Waals surface area contributed by atoms with Crippen molar-refractivity contribution in [2.75, 3.05) is 7.05 Å². The van der Waals surface area contributed by atoms with E-state index in [4.69, 9.17) is 9.97 Å². The Morgan fingerprint density at radius 2 is 1.97 bits per heavy atom. The second-order valence-electron chi connectivity index (χ2n) is 8.72. The second-order valence-corrected chi connectivity index (χ2v) is 8.72. The molecule has 1 aromatic carbocycles. The van der Waals surface area contributed by atoms with Crippen molar-refractivity contribution in [2.24, 2.45) is 0 Å². The Labute approximate surface area is 192 Å². The highest BCUT2D eigenvalue weighted by Gasteiger charge is 2.26. The number of hydrogen-bond donors (Lipinski definition) is 1. The average Bonchev–Trinajstić information content (AvgIpc) is 3.56. The number of nitrogens with zero attached hydrogens (tertiary/aromatic N) is 6. The van der Waals surface area contributed by atoms with Gasteiger partial charge in [0.2, 0.25) is 0 Å². The molecule has 4 aromatic heterocycles. The van der Waals surface area contributed by atoms with Crippen molar-refractivity contribution in [1.82, 2.24) is 34.4 Å². The Balaban J connectivity index is 1.39. The van der Waals surface area contributed by atoms with Gasteiger partial charge in [0.15, 0.2) is 5.65 Å². The molecule has 33 heavy (non-hydrogen) atoms. The molecule has 0 radical (unpaired) electrons. The second kappa shape index (κ2) is 7.94. The van der Waals surface area contributed by atoms with Crippen molar-refractivity contribution >= 4 is 5.65 Å². The number of fused-ring (bicyclic) bond motifs is 2. The number of H-pyrrole nitrogens is 1. The number of benzene rings is 1. The van der Waals surface area contributed by atoms with Crippen molar-refractivity contribution in [3.05, 3.63) is 89.8 Å². The highest BCUT2D eigenvalue weighted by Crippen LogP contribution is 2.36. The molecule has 7 heteroatoms. The molecule has 164 valence electrons. The van der Waals surface area contributed by atoms with E-state index in [9.17, 15) is 0 Å². The van der Waals surface area contributed by atoms with Crippen LogP contribution in [0.25, 0.3) is 28.3 Å². The minimum Gasteiger partial charge on any atom is -0.339 e. The first-order valence-corrected chi connectivity index (χ1v) is 11.3. The maximum Gasteiger partial charge on any atom is 0.155 e. The highest BCUT2D eigenvalue weighted by atomic mass is 15.3. The van der Waals surface area contributed by atoms with E-state index in [1.54, 1.807) is 10.8 Å². The SMILES string of the molecule is Cc1cccc(-c2[nH]c(CN(C)C3CCc4ccccc43)nc2-c2ccc3ncnn3c2)n1. The number of aryl methyl sites for hydroxylation is 2. The van der Waals surface area contributed by atoms with Crippen LogP contribution in [0, 0.1) is 6.92 Å². The number of aromatic nitrogens is 6. The molecule has 0 spiro atoms. The molecule has 1 atom stereocenters. The third kappa shape index (κ3) is 3.60. The third-order valence-corrected chi connectivity index (χ3v) is 6.48. The van der Waals surface area contributed by atoms with Crippen LogP contribution in [-0.2, 0) is 13.0 Å². The summed E-state index contributed by atoms with van der Waals surface area (Å²) in [4.78, 5) is 20.0. The van der Waals surface area contributed by atoms with Crippen LogP contribution in [0.4, 0.5) is 0 Å². The summed E-state index contributed by atoms with van der Waals surface area (Å²) in [5, 5.41) is 4.29. The van der Waals surface area contributed by atoms with Crippen LogP contribution in [0.3, 0.4) is 0 Å². The molecule has 4 heterocycles. The van der Waals surface area contributed by atoms with E-state index in [1.807, 2.05) is 43.5 Å². The molecule has 1 N–H and O–H groups in total. The van der Waals surface area contributed by atoms with E-state index in [2.05, 4.69) is 51.3 Å². The Hall–Kier alpha value is -3.84. The smallest absolute Gasteiger partial charge is 0.155 e. The molecule has 0 bridgehead atoms. The first-order valence-electron chi connectivity index (χ1n) is 11.3. The Kier molecular flexibility index (Phi) is 4.77. The lowest BCUT2D eigenvalue weighted by Gasteiger charge is -2.24. The van der Waals surface area contributed by atoms with Gasteiger partial charge in [-0.2, -0.15) is 5.10 Å². The fraction of sp³-hybridized carbons (Fsp3) is 0.231. The maximum atomic E-state index is 5.05. The van der Waals surface area contributed by atoms with Gasteiger partial charge in [0.1, 0.15) is 12.2 Å². The Morgan fingerprint density at radius 1 is 1.06 bits per heavy atom. The van der Waals surface area contributed by atoms with Crippen LogP contribution < -0.4 is 0 Å². The predicted octanol–water partition coefficient (Wildman–Crippen LogP) is 4.61. The molecular formula is C26H25N7. The first kappa shape index (κ1) is 19.8. The van der Waals surface area contributed by atoms with E-state index in [1.165, 1.54) is 11.1 Å². The molecule has 7 nitrogen and oxygen atoms in total. The van der Waals surface area contributed by atoms with Crippen LogP contribution in [-0.4, -0.2) is 41.5 Å². The summed E-state index contributed by atoms with van der Waals surface area (Å²) in [5.74, 6) is 0.925. The molecule has 0 saturated carbocycles. The lowest BCUT2D eigenvalue weighted by atomic mass is 10.1. The lowest BCUT2D eigenvalue weighted by molar-refractivity contribution is 0.231. The van der Waals surface area contributed by atoms with Gasteiger partial charge in [-0.25, -0.2) is 14.5 Å². The molecule has 1 unspecified atom stereocenters. The molecule has 0 aliphatic heterocycles. The number of imidazole rings is 1. The Bertz CT molecular complexity index is 1450. The number of aromatic amines is 1. The fourth-order valence-electron chi connectivity index (χ4n) is 4.87. The number of rotatable bonds is 5. The van der Waals surface area contributed by atoms with E-state index in [0.29, 0.717) is 6.04 Å². The van der Waals surface area contributed by atoms with Gasteiger partial charge in [-0.3, -0.25) is 9.88 Å². The zero-order valence-corrected chi connectivity index (χ0v) is 18.7. The molecule has 5 aromatic rings. The largest absolute Gasteiger partial charge is 0.339 e. The minimum atomic E-state index is 0.404. The average molecular weight is 436 g/mol. The van der Waals surface area contributed by atoms with Crippen molar-refractivity contribution in [1.29, 1.82) is 0 Å². The molecule has 0 saturated heterocycles. The van der Waals surface area contributed by atoms with Crippen molar-refractivity contribution in [2.45, 2.75) is 32.4 Å². The van der Waals surface area contributed by atoms with Crippen LogP contribution in [0.2, 0.25) is 0 Å². The van der Waals surface area contributed by atoms with Gasteiger partial charge in [-0.15, -0.1) is 0 Å². The van der Waals surface area contributed by atoms with Crippen LogP contribution >= 0.6 is 0 Å². The summed E-state index contributed by atoms with van der Waals surface area (Å²) in [6, 6.07) is 19.2. The third-order valence-electron chi connectivity index (χ3n) is 6.48. The number of nitrogens with one attached hydrogen (secondary N) is 1. The van der Waals surface area contributed by atoms with E-state index < -0.39 is 0 Å². The monoisotopic (exact) mass is 435 g/mol. The number of pyridine rings is 2. The minimum absolute atomic E-state index is 0.404. The summed E-state index contributed by atoms with van der Waals surface area (Å²) < 4.78 is 1.78. The van der Waals surface area contributed by atoms with Crippen LogP contribution in [0.1, 0.15) is 35.1 Å². The molecule has 0 amide bonds. The first-order chi connectivity index (χ1) is 16.2. The number of hydrogen-bond acceptors (Lipinski definition) is 5. The quantitative estimate of drug-likeness (QED) is 0.436. The van der Waals surface area contributed by atoms with Crippen molar-refractivity contribution < 1.29 is 0 Å². The predicted molar refractivity (Wildman–Crippen MR) is 128 cm³/mol. The molecule has 1 aliphatic rings. The summed E-state index contributed by atoms with van der Waals surface area (Å²) in [6.45, 7) is 2.73. The van der Waals surface area contributed by atoms with E-state index in [0.717, 1.165) is 59.2 Å². The molecule has 0 fully saturated rings. The van der Waals surface area contributed by atoms with Crippen molar-refractivity contribution in [3.8, 4) is 22.6 Å². The summed E-state index contributed by atoms with van der Waals surface area (Å²) in [7, 11) is 2.18. The standard InChI is InChI=1S/C26H25N7/c1-17-6-5-9-21(29-17)26-25(19-11-13-24-27-16-28-33(24)14-19)30-23(31-26)15-32(2)22-12-10-18-7-3-4-8-20(18)22/h3-9,11,13-14,16,22H,10,12,15H2,1-2H3,(H,30,31). The summed E-state index contributed by atoms with van der Waals surface area (Å²) in [6.07, 6.45) is 5.80. The zero-order chi connectivity index (χ0) is 22.4. The van der Waals surface area contributed by atoms with E-state index >= 15 is 0 Å². The Morgan fingerprint density at radius 3 is 2.88 bits per heavy atom. The van der Waals surface area contributed by atoms with Gasteiger partial charge >= 0.3 is 0 Å². The van der Waals surface area contributed by atoms with Gasteiger partial charge in [0, 0.05) is 23.5 Å². The fourth-order valence-corrected chi connectivity index (χ4v) is 4.87. The van der Waals surface area contributed by atoms with Gasteiger partial charge in [-0.1, -0.05) is 30.3 Å². The molecule has 6 rings (SSSR count). The highest BCUT2D eigenvalue weighted by molar-refractivity contribution is 5.77. The maximum absolute atomic E-state index is 5.05. The normalized spacial score (nSPS) is 15.4. The van der Waals surface area contributed by atoms with Crippen LogP contribution in [0.15, 0.2) is 67.1 Å². The van der Waals surface area contributed by atoms with E-state index in [-0.39, 0.29) is 0 Å². The van der Waals surface area contributed by atoms with Gasteiger partial charge in [0.05, 0.1) is 23.6 Å². The zero-order valence-electron chi connectivity index (χ0n) is 18.7. The molecule has 1 aliphatic carbocycles. The molecular weight excluding hydrogens is 410 g/mol. The van der Waals surface area contributed by atoms with Gasteiger partial charge in [0.25, 0.3) is 0 Å². The van der Waals surface area contributed by atoms with Gasteiger partial charge < -0.3 is 4.98 Å². The van der Waals surface area contributed by atoms with Crippen LogP contribution in [0.5, 0.6) is 0 Å². The summed E-state index contributed by atoms with van der Waals surface area (Å²) >= 11 is 0. The van der Waals surface area contributed by atoms with Crippen molar-refractivity contribution in [3.63, 3.8) is 0 Å². The topological polar surface area (TPSA) is 75.0 Å².